The minimum absolute atomic E-state index is 0.487. The zero-order valence-electron chi connectivity index (χ0n) is 9.74. The molecule has 0 aliphatic rings. The molecule has 5 heteroatoms. The molecular formula is C12H16IN3O. The smallest absolute Gasteiger partial charge is 0.192 e. The number of benzene rings is 1. The van der Waals surface area contributed by atoms with Crippen LogP contribution in [0.1, 0.15) is 5.56 Å². The van der Waals surface area contributed by atoms with Gasteiger partial charge >= 0.3 is 0 Å². The maximum absolute atomic E-state index is 5.75. The Labute approximate surface area is 115 Å². The molecule has 0 unspecified atom stereocenters. The maximum atomic E-state index is 5.75. The highest BCUT2D eigenvalue weighted by atomic mass is 127. The zero-order chi connectivity index (χ0) is 12.3. The fraction of sp³-hybridized carbons (Fsp3) is 0.333. The molecule has 0 radical (unpaired) electrons. The molecule has 4 nitrogen and oxygen atoms in total. The molecule has 1 heterocycles. The van der Waals surface area contributed by atoms with E-state index in [2.05, 4.69) is 22.1 Å². The minimum Gasteiger partial charge on any atom is -0.427 e. The first-order chi connectivity index (χ1) is 8.31. The lowest BCUT2D eigenvalue weighted by atomic mass is 10.1. The number of likely N-dealkylation sites (N-methyl/N-ethyl adjacent to an activating group) is 1. The highest BCUT2D eigenvalue weighted by molar-refractivity contribution is 14.1. The van der Waals surface area contributed by atoms with Gasteiger partial charge in [0.1, 0.15) is 5.75 Å². The Bertz CT molecular complexity index is 510. The number of nitrogens with one attached hydrogen (secondary N) is 1. The van der Waals surface area contributed by atoms with E-state index in [0.717, 1.165) is 24.2 Å². The van der Waals surface area contributed by atoms with E-state index >= 15 is 0 Å². The van der Waals surface area contributed by atoms with Crippen molar-refractivity contribution in [3.8, 4) is 5.75 Å². The number of rotatable bonds is 5. The summed E-state index contributed by atoms with van der Waals surface area (Å²) in [6.07, 6.45) is 3.08. The van der Waals surface area contributed by atoms with Gasteiger partial charge in [-0.2, -0.15) is 0 Å². The van der Waals surface area contributed by atoms with Gasteiger partial charge in [-0.25, -0.2) is 0 Å². The van der Waals surface area contributed by atoms with Gasteiger partial charge in [-0.3, -0.25) is 0 Å². The second-order valence-corrected chi connectivity index (χ2v) is 4.33. The molecule has 0 aliphatic heterocycles. The fourth-order valence-corrected chi connectivity index (χ4v) is 2.44. The molecule has 0 aliphatic carbocycles. The van der Waals surface area contributed by atoms with E-state index in [4.69, 9.17) is 8.80 Å². The Morgan fingerprint density at radius 2 is 2.29 bits per heavy atom. The van der Waals surface area contributed by atoms with Crippen LogP contribution in [0, 0.1) is 0 Å². The van der Waals surface area contributed by atoms with Crippen LogP contribution in [-0.2, 0) is 13.1 Å². The minimum atomic E-state index is 0.487. The topological polar surface area (TPSA) is 52.2 Å². The standard InChI is InChI=1S/C12H16IN3O/c1-15-6-5-9-7-16(8-14)10-3-2-4-11(17-13)12(9)10/h2-4,7,15H,5-6,8,14H2,1H3. The third-order valence-electron chi connectivity index (χ3n) is 2.87. The molecule has 0 saturated heterocycles. The van der Waals surface area contributed by atoms with Gasteiger partial charge in [-0.1, -0.05) is 6.07 Å². The first-order valence-corrected chi connectivity index (χ1v) is 6.44. The number of hydrogen-bond donors (Lipinski definition) is 2. The summed E-state index contributed by atoms with van der Waals surface area (Å²) in [6, 6.07) is 6.05. The summed E-state index contributed by atoms with van der Waals surface area (Å²) in [7, 11) is 1.96. The third kappa shape index (κ3) is 2.41. The number of nitrogens with zero attached hydrogens (tertiary/aromatic N) is 1. The molecule has 17 heavy (non-hydrogen) atoms. The van der Waals surface area contributed by atoms with Crippen molar-refractivity contribution in [2.75, 3.05) is 13.6 Å². The van der Waals surface area contributed by atoms with E-state index in [9.17, 15) is 0 Å². The van der Waals surface area contributed by atoms with Crippen molar-refractivity contribution in [3.05, 3.63) is 30.0 Å². The highest BCUT2D eigenvalue weighted by Crippen LogP contribution is 2.31. The van der Waals surface area contributed by atoms with Crippen LogP contribution < -0.4 is 14.1 Å². The monoisotopic (exact) mass is 345 g/mol. The first kappa shape index (κ1) is 12.7. The van der Waals surface area contributed by atoms with Crippen molar-refractivity contribution in [1.29, 1.82) is 0 Å². The largest absolute Gasteiger partial charge is 0.427 e. The van der Waals surface area contributed by atoms with E-state index in [1.54, 1.807) is 0 Å². The van der Waals surface area contributed by atoms with Crippen LogP contribution in [0.5, 0.6) is 5.75 Å². The molecule has 0 fully saturated rings. The van der Waals surface area contributed by atoms with Gasteiger partial charge in [-0.15, -0.1) is 0 Å². The number of nitrogens with two attached hydrogens (primary N) is 1. The summed E-state index contributed by atoms with van der Waals surface area (Å²) in [4.78, 5) is 0. The van der Waals surface area contributed by atoms with Crippen LogP contribution in [0.15, 0.2) is 24.4 Å². The molecule has 0 saturated carbocycles. The van der Waals surface area contributed by atoms with E-state index in [0.29, 0.717) is 6.67 Å². The van der Waals surface area contributed by atoms with Crippen LogP contribution in [-0.4, -0.2) is 18.2 Å². The molecule has 3 N–H and O–H groups in total. The second kappa shape index (κ2) is 5.70. The van der Waals surface area contributed by atoms with Gasteiger partial charge in [0.2, 0.25) is 0 Å². The first-order valence-electron chi connectivity index (χ1n) is 5.55. The molecule has 0 bridgehead atoms. The van der Waals surface area contributed by atoms with E-state index in [1.165, 1.54) is 10.9 Å². The molecule has 1 aromatic heterocycles. The summed E-state index contributed by atoms with van der Waals surface area (Å²) in [5, 5.41) is 4.33. The van der Waals surface area contributed by atoms with Crippen molar-refractivity contribution in [2.45, 2.75) is 13.1 Å². The van der Waals surface area contributed by atoms with Crippen molar-refractivity contribution in [3.63, 3.8) is 0 Å². The van der Waals surface area contributed by atoms with E-state index < -0.39 is 0 Å². The lowest BCUT2D eigenvalue weighted by Gasteiger charge is -2.03. The maximum Gasteiger partial charge on any atom is 0.192 e. The Hall–Kier alpha value is -0.790. The number of fused-ring (bicyclic) bond motifs is 1. The molecule has 2 rings (SSSR count). The molecule has 0 amide bonds. The van der Waals surface area contributed by atoms with Crippen molar-refractivity contribution < 1.29 is 3.07 Å². The summed E-state index contributed by atoms with van der Waals surface area (Å²) in [5.41, 5.74) is 8.16. The summed E-state index contributed by atoms with van der Waals surface area (Å²) in [6.45, 7) is 1.43. The summed E-state index contributed by atoms with van der Waals surface area (Å²) in [5.74, 6) is 0.904. The van der Waals surface area contributed by atoms with Crippen LogP contribution in [0.25, 0.3) is 10.9 Å². The second-order valence-electron chi connectivity index (χ2n) is 3.89. The Balaban J connectivity index is 2.57. The predicted octanol–water partition coefficient (Wildman–Crippen LogP) is 2.05. The SMILES string of the molecule is CNCCc1cn(CN)c2cccc(OI)c12. The van der Waals surface area contributed by atoms with E-state index in [-0.39, 0.29) is 0 Å². The lowest BCUT2D eigenvalue weighted by Crippen LogP contribution is -2.10. The fourth-order valence-electron chi connectivity index (χ4n) is 2.07. The highest BCUT2D eigenvalue weighted by Gasteiger charge is 2.12. The average Bonchev–Trinajstić information content (AvgIpc) is 2.74. The van der Waals surface area contributed by atoms with Gasteiger partial charge in [0.25, 0.3) is 0 Å². The quantitative estimate of drug-likeness (QED) is 0.816. The van der Waals surface area contributed by atoms with Gasteiger partial charge < -0.3 is 18.7 Å². The average molecular weight is 345 g/mol. The Morgan fingerprint density at radius 1 is 1.47 bits per heavy atom. The Kier molecular flexibility index (Phi) is 4.25. The Morgan fingerprint density at radius 3 is 2.94 bits per heavy atom. The normalized spacial score (nSPS) is 11.0. The van der Waals surface area contributed by atoms with Crippen LogP contribution >= 0.6 is 23.0 Å². The third-order valence-corrected chi connectivity index (χ3v) is 3.35. The summed E-state index contributed by atoms with van der Waals surface area (Å²) >= 11 is 1.92. The lowest BCUT2D eigenvalue weighted by molar-refractivity contribution is 0.723. The molecule has 0 spiro atoms. The van der Waals surface area contributed by atoms with Crippen molar-refractivity contribution in [1.82, 2.24) is 9.88 Å². The van der Waals surface area contributed by atoms with Crippen molar-refractivity contribution in [2.24, 2.45) is 5.73 Å². The number of aromatic nitrogens is 1. The van der Waals surface area contributed by atoms with Crippen LogP contribution in [0.2, 0.25) is 0 Å². The van der Waals surface area contributed by atoms with E-state index in [1.807, 2.05) is 42.2 Å². The molecule has 0 atom stereocenters. The van der Waals surface area contributed by atoms with Gasteiger partial charge in [0.05, 0.1) is 12.2 Å². The molecule has 2 aromatic rings. The van der Waals surface area contributed by atoms with Crippen LogP contribution in [0.4, 0.5) is 0 Å². The molecule has 1 aromatic carbocycles. The van der Waals surface area contributed by atoms with Gasteiger partial charge in [0.15, 0.2) is 23.0 Å². The summed E-state index contributed by atoms with van der Waals surface area (Å²) < 4.78 is 7.46. The number of hydrogen-bond acceptors (Lipinski definition) is 3. The molecular weight excluding hydrogens is 329 g/mol. The van der Waals surface area contributed by atoms with Crippen LogP contribution in [0.3, 0.4) is 0 Å². The van der Waals surface area contributed by atoms with Gasteiger partial charge in [0, 0.05) is 11.6 Å². The zero-order valence-corrected chi connectivity index (χ0v) is 11.9. The predicted molar refractivity (Wildman–Crippen MR) is 78.4 cm³/mol. The van der Waals surface area contributed by atoms with Crippen molar-refractivity contribution >= 4 is 33.9 Å². The van der Waals surface area contributed by atoms with Gasteiger partial charge in [-0.05, 0) is 37.7 Å². The molecule has 92 valence electrons. The number of halogens is 1.